The molecule has 0 saturated carbocycles. The highest BCUT2D eigenvalue weighted by Crippen LogP contribution is 2.21. The molecule has 1 aliphatic rings. The molecule has 1 saturated heterocycles. The Morgan fingerprint density at radius 2 is 1.56 bits per heavy atom. The summed E-state index contributed by atoms with van der Waals surface area (Å²) in [5.41, 5.74) is 4.23. The maximum atomic E-state index is 12.7. The van der Waals surface area contributed by atoms with Crippen LogP contribution in [-0.4, -0.2) is 52.1 Å². The molecule has 3 heterocycles. The van der Waals surface area contributed by atoms with Crippen molar-refractivity contribution < 1.29 is 4.79 Å². The van der Waals surface area contributed by atoms with Crippen LogP contribution in [-0.2, 0) is 0 Å². The van der Waals surface area contributed by atoms with E-state index in [2.05, 4.69) is 36.6 Å². The van der Waals surface area contributed by atoms with Crippen molar-refractivity contribution in [1.29, 1.82) is 0 Å². The molecule has 0 atom stereocenters. The van der Waals surface area contributed by atoms with E-state index in [0.717, 1.165) is 34.0 Å². The van der Waals surface area contributed by atoms with Crippen molar-refractivity contribution in [1.82, 2.24) is 19.9 Å². The van der Waals surface area contributed by atoms with E-state index in [1.807, 2.05) is 62.9 Å². The largest absolute Gasteiger partial charge is 0.353 e. The molecule has 0 spiro atoms. The predicted molar refractivity (Wildman–Crippen MR) is 128 cm³/mol. The second kappa shape index (κ2) is 9.21. The van der Waals surface area contributed by atoms with Gasteiger partial charge in [0.25, 0.3) is 0 Å². The summed E-state index contributed by atoms with van der Waals surface area (Å²) in [6, 6.07) is 11.9. The monoisotopic (exact) mass is 431 g/mol. The molecule has 3 aromatic rings. The van der Waals surface area contributed by atoms with Gasteiger partial charge < -0.3 is 20.4 Å². The van der Waals surface area contributed by atoms with Crippen molar-refractivity contribution in [2.24, 2.45) is 0 Å². The molecule has 1 aliphatic heterocycles. The Morgan fingerprint density at radius 3 is 2.25 bits per heavy atom. The number of piperazine rings is 1. The van der Waals surface area contributed by atoms with Crippen LogP contribution in [0.4, 0.5) is 27.9 Å². The first-order valence-electron chi connectivity index (χ1n) is 10.8. The van der Waals surface area contributed by atoms with E-state index in [1.165, 1.54) is 0 Å². The van der Waals surface area contributed by atoms with Gasteiger partial charge in [-0.25, -0.2) is 19.7 Å². The van der Waals surface area contributed by atoms with Crippen LogP contribution in [0.25, 0.3) is 0 Å². The van der Waals surface area contributed by atoms with Crippen molar-refractivity contribution in [3.63, 3.8) is 0 Å². The first-order chi connectivity index (χ1) is 15.4. The van der Waals surface area contributed by atoms with E-state index in [-0.39, 0.29) is 6.03 Å². The van der Waals surface area contributed by atoms with Crippen LogP contribution in [0.2, 0.25) is 0 Å². The number of hydrogen-bond acceptors (Lipinski definition) is 6. The first-order valence-corrected chi connectivity index (χ1v) is 10.8. The molecule has 1 aromatic carbocycles. The number of carbonyl (C=O) groups is 1. The molecule has 2 N–H and O–H groups in total. The fourth-order valence-corrected chi connectivity index (χ4v) is 3.90. The lowest BCUT2D eigenvalue weighted by atomic mass is 10.1. The van der Waals surface area contributed by atoms with E-state index in [9.17, 15) is 4.79 Å². The Balaban J connectivity index is 1.39. The second-order valence-corrected chi connectivity index (χ2v) is 8.28. The van der Waals surface area contributed by atoms with Crippen molar-refractivity contribution >= 4 is 29.2 Å². The molecule has 166 valence electrons. The summed E-state index contributed by atoms with van der Waals surface area (Å²) in [4.78, 5) is 30.2. The van der Waals surface area contributed by atoms with Crippen molar-refractivity contribution in [2.45, 2.75) is 27.7 Å². The molecule has 0 unspecified atom stereocenters. The van der Waals surface area contributed by atoms with Gasteiger partial charge in [0.1, 0.15) is 23.3 Å². The summed E-state index contributed by atoms with van der Waals surface area (Å²) in [6.07, 6.45) is 1.77. The Morgan fingerprint density at radius 1 is 0.844 bits per heavy atom. The minimum atomic E-state index is -0.0682. The Bertz CT molecular complexity index is 1100. The molecular weight excluding hydrogens is 402 g/mol. The van der Waals surface area contributed by atoms with Crippen LogP contribution >= 0.6 is 0 Å². The van der Waals surface area contributed by atoms with Gasteiger partial charge in [-0.15, -0.1) is 0 Å². The standard InChI is InChI=1S/C24H29N7O/c1-16-5-6-25-21(14-16)29-22-15-23(27-19(4)26-22)30-7-9-31(10-8-30)24(32)28-20-12-17(2)11-18(3)13-20/h5-6,11-15H,7-10H2,1-4H3,(H,28,32)(H,25,26,27,29). The van der Waals surface area contributed by atoms with Gasteiger partial charge in [-0.05, 0) is 68.7 Å². The van der Waals surface area contributed by atoms with Crippen LogP contribution in [0.1, 0.15) is 22.5 Å². The number of amides is 2. The summed E-state index contributed by atoms with van der Waals surface area (Å²) in [5, 5.41) is 6.29. The van der Waals surface area contributed by atoms with E-state index in [0.29, 0.717) is 37.8 Å². The topological polar surface area (TPSA) is 86.3 Å². The number of pyridine rings is 1. The molecule has 2 aromatic heterocycles. The smallest absolute Gasteiger partial charge is 0.321 e. The van der Waals surface area contributed by atoms with Crippen LogP contribution in [0.3, 0.4) is 0 Å². The van der Waals surface area contributed by atoms with Crippen LogP contribution in [0, 0.1) is 27.7 Å². The van der Waals surface area contributed by atoms with Crippen LogP contribution < -0.4 is 15.5 Å². The maximum absolute atomic E-state index is 12.7. The zero-order chi connectivity index (χ0) is 22.7. The summed E-state index contributed by atoms with van der Waals surface area (Å²) in [7, 11) is 0. The molecule has 32 heavy (non-hydrogen) atoms. The molecule has 8 heteroatoms. The molecule has 1 fully saturated rings. The third-order valence-electron chi connectivity index (χ3n) is 5.36. The van der Waals surface area contributed by atoms with Crippen LogP contribution in [0.5, 0.6) is 0 Å². The third-order valence-corrected chi connectivity index (χ3v) is 5.36. The van der Waals surface area contributed by atoms with Gasteiger partial charge in [0.15, 0.2) is 0 Å². The average Bonchev–Trinajstić information content (AvgIpc) is 2.73. The van der Waals surface area contributed by atoms with E-state index in [1.54, 1.807) is 6.20 Å². The summed E-state index contributed by atoms with van der Waals surface area (Å²) in [5.74, 6) is 3.00. The number of urea groups is 1. The van der Waals surface area contributed by atoms with E-state index < -0.39 is 0 Å². The van der Waals surface area contributed by atoms with E-state index in [4.69, 9.17) is 0 Å². The molecule has 0 aliphatic carbocycles. The number of aryl methyl sites for hydroxylation is 4. The lowest BCUT2D eigenvalue weighted by Crippen LogP contribution is -2.50. The summed E-state index contributed by atoms with van der Waals surface area (Å²) in [6.45, 7) is 10.6. The van der Waals surface area contributed by atoms with E-state index >= 15 is 0 Å². The summed E-state index contributed by atoms with van der Waals surface area (Å²) < 4.78 is 0. The fraction of sp³-hybridized carbons (Fsp3) is 0.333. The number of nitrogens with zero attached hydrogens (tertiary/aromatic N) is 5. The number of anilines is 4. The number of hydrogen-bond donors (Lipinski definition) is 2. The van der Waals surface area contributed by atoms with Gasteiger partial charge in [-0.3, -0.25) is 0 Å². The SMILES string of the molecule is Cc1cc(C)cc(NC(=O)N2CCN(c3cc(Nc4cc(C)ccn4)nc(C)n3)CC2)c1. The zero-order valence-corrected chi connectivity index (χ0v) is 19.0. The molecule has 8 nitrogen and oxygen atoms in total. The minimum Gasteiger partial charge on any atom is -0.353 e. The number of carbonyl (C=O) groups excluding carboxylic acids is 1. The minimum absolute atomic E-state index is 0.0682. The van der Waals surface area contributed by atoms with Gasteiger partial charge in [-0.1, -0.05) is 6.07 Å². The Hall–Kier alpha value is -3.68. The first kappa shape index (κ1) is 21.5. The Kier molecular flexibility index (Phi) is 6.20. The molecule has 0 radical (unpaired) electrons. The second-order valence-electron chi connectivity index (χ2n) is 8.28. The third kappa shape index (κ3) is 5.32. The van der Waals surface area contributed by atoms with Gasteiger partial charge in [0.2, 0.25) is 0 Å². The highest BCUT2D eigenvalue weighted by Gasteiger charge is 2.22. The predicted octanol–water partition coefficient (Wildman–Crippen LogP) is 4.20. The highest BCUT2D eigenvalue weighted by molar-refractivity contribution is 5.89. The van der Waals surface area contributed by atoms with Gasteiger partial charge >= 0.3 is 6.03 Å². The lowest BCUT2D eigenvalue weighted by molar-refractivity contribution is 0.208. The van der Waals surface area contributed by atoms with Crippen molar-refractivity contribution in [2.75, 3.05) is 41.7 Å². The van der Waals surface area contributed by atoms with Gasteiger partial charge in [0, 0.05) is 44.1 Å². The highest BCUT2D eigenvalue weighted by atomic mass is 16.2. The van der Waals surface area contributed by atoms with Crippen molar-refractivity contribution in [3.8, 4) is 0 Å². The average molecular weight is 432 g/mol. The van der Waals surface area contributed by atoms with Crippen molar-refractivity contribution in [3.05, 3.63) is 65.1 Å². The maximum Gasteiger partial charge on any atom is 0.321 e. The van der Waals surface area contributed by atoms with Crippen LogP contribution in [0.15, 0.2) is 42.6 Å². The number of benzene rings is 1. The Labute approximate surface area is 188 Å². The zero-order valence-electron chi connectivity index (χ0n) is 19.0. The summed E-state index contributed by atoms with van der Waals surface area (Å²) >= 11 is 0. The quantitative estimate of drug-likeness (QED) is 0.644. The van der Waals surface area contributed by atoms with Gasteiger partial charge in [-0.2, -0.15) is 0 Å². The molecule has 4 rings (SSSR count). The number of aromatic nitrogens is 3. The fourth-order valence-electron chi connectivity index (χ4n) is 3.90. The lowest BCUT2D eigenvalue weighted by Gasteiger charge is -2.35. The molecular formula is C24H29N7O. The molecule has 2 amide bonds. The van der Waals surface area contributed by atoms with Gasteiger partial charge in [0.05, 0.1) is 0 Å². The number of rotatable bonds is 4. The molecule has 0 bridgehead atoms. The number of nitrogens with one attached hydrogen (secondary N) is 2. The normalized spacial score (nSPS) is 13.8.